The first-order valence-corrected chi connectivity index (χ1v) is 10.5. The van der Waals surface area contributed by atoms with E-state index in [9.17, 15) is 4.79 Å². The van der Waals surface area contributed by atoms with E-state index in [1.807, 2.05) is 33.0 Å². The van der Waals surface area contributed by atoms with Gasteiger partial charge < -0.3 is 14.5 Å². The molecule has 0 saturated heterocycles. The summed E-state index contributed by atoms with van der Waals surface area (Å²) in [6, 6.07) is 10.1. The van der Waals surface area contributed by atoms with Gasteiger partial charge in [0.1, 0.15) is 16.9 Å². The number of carbonyl (C=O) groups excluding carboxylic acids is 1. The monoisotopic (exact) mass is 490 g/mol. The Morgan fingerprint density at radius 2 is 1.93 bits per heavy atom. The number of alkyl carbamates (subject to hydrolysis) is 1. The van der Waals surface area contributed by atoms with E-state index in [-0.39, 0.29) is 11.6 Å². The number of furan rings is 1. The lowest BCUT2D eigenvalue weighted by atomic mass is 9.72. The summed E-state index contributed by atoms with van der Waals surface area (Å²) in [6.07, 6.45) is 6.12. The van der Waals surface area contributed by atoms with Gasteiger partial charge in [0.15, 0.2) is 0 Å². The Labute approximate surface area is 178 Å². The molecule has 1 saturated carbocycles. The van der Waals surface area contributed by atoms with E-state index in [0.717, 1.165) is 50.7 Å². The predicted molar refractivity (Wildman–Crippen MR) is 117 cm³/mol. The Hall–Kier alpha value is -2.09. The topological polar surface area (TPSA) is 64.4 Å². The van der Waals surface area contributed by atoms with Crippen LogP contribution in [0.25, 0.3) is 22.3 Å². The molecule has 1 fully saturated rings. The highest BCUT2D eigenvalue weighted by Crippen LogP contribution is 2.42. The van der Waals surface area contributed by atoms with Crippen LogP contribution in [0.3, 0.4) is 0 Å². The third-order valence-corrected chi connectivity index (χ3v) is 6.15. The third kappa shape index (κ3) is 3.62. The Morgan fingerprint density at radius 3 is 2.50 bits per heavy atom. The van der Waals surface area contributed by atoms with Crippen molar-refractivity contribution >= 4 is 39.7 Å². The minimum Gasteiger partial charge on any atom is -0.455 e. The number of hydrogen-bond acceptors (Lipinski definition) is 4. The van der Waals surface area contributed by atoms with Crippen LogP contribution in [0.5, 0.6) is 0 Å². The van der Waals surface area contributed by atoms with Crippen molar-refractivity contribution in [1.82, 2.24) is 10.3 Å². The van der Waals surface area contributed by atoms with Gasteiger partial charge >= 0.3 is 6.09 Å². The van der Waals surface area contributed by atoms with Crippen molar-refractivity contribution in [3.05, 3.63) is 51.9 Å². The lowest BCUT2D eigenvalue weighted by molar-refractivity contribution is 0.0377. The summed E-state index contributed by atoms with van der Waals surface area (Å²) >= 11 is 2.30. The number of ether oxygens (including phenoxy) is 1. The molecule has 3 aromatic rings. The number of benzene rings is 1. The van der Waals surface area contributed by atoms with E-state index in [4.69, 9.17) is 9.15 Å². The van der Waals surface area contributed by atoms with Crippen molar-refractivity contribution in [2.45, 2.75) is 51.2 Å². The van der Waals surface area contributed by atoms with Crippen LogP contribution in [0.1, 0.15) is 45.6 Å². The fraction of sp³-hybridized carbons (Fsp3) is 0.364. The number of aromatic nitrogens is 1. The molecule has 1 amide bonds. The van der Waals surface area contributed by atoms with Crippen LogP contribution in [-0.4, -0.2) is 16.7 Å². The summed E-state index contributed by atoms with van der Waals surface area (Å²) in [5, 5.41) is 4.12. The number of amides is 1. The first kappa shape index (κ1) is 19.2. The van der Waals surface area contributed by atoms with Gasteiger partial charge in [0, 0.05) is 18.0 Å². The van der Waals surface area contributed by atoms with Gasteiger partial charge in [-0.05, 0) is 74.3 Å². The van der Waals surface area contributed by atoms with E-state index in [1.54, 1.807) is 6.20 Å². The molecule has 0 bridgehead atoms. The van der Waals surface area contributed by atoms with Gasteiger partial charge in [-0.3, -0.25) is 4.98 Å². The molecule has 1 aliphatic carbocycles. The highest BCUT2D eigenvalue weighted by molar-refractivity contribution is 14.1. The molecule has 0 spiro atoms. The van der Waals surface area contributed by atoms with E-state index >= 15 is 0 Å². The highest BCUT2D eigenvalue weighted by atomic mass is 127. The van der Waals surface area contributed by atoms with Gasteiger partial charge in [0.25, 0.3) is 0 Å². The van der Waals surface area contributed by atoms with Crippen molar-refractivity contribution in [2.75, 3.05) is 0 Å². The number of rotatable bonds is 3. The molecular formula is C22H23IN2O3. The van der Waals surface area contributed by atoms with Gasteiger partial charge in [0.05, 0.1) is 14.5 Å². The van der Waals surface area contributed by atoms with Gasteiger partial charge in [-0.25, -0.2) is 4.79 Å². The first-order chi connectivity index (χ1) is 13.3. The van der Waals surface area contributed by atoms with Crippen molar-refractivity contribution in [3.8, 4) is 11.3 Å². The SMILES string of the molecule is CC(C)(C)OC(=O)NC1(c2ccc(-c3oc4ccncc4c3I)cc2)CCC1. The molecule has 5 nitrogen and oxygen atoms in total. The van der Waals surface area contributed by atoms with Crippen molar-refractivity contribution < 1.29 is 13.9 Å². The molecule has 0 unspecified atom stereocenters. The van der Waals surface area contributed by atoms with Crippen LogP contribution >= 0.6 is 22.6 Å². The molecule has 2 aromatic heterocycles. The molecule has 146 valence electrons. The van der Waals surface area contributed by atoms with Crippen molar-refractivity contribution in [3.63, 3.8) is 0 Å². The summed E-state index contributed by atoms with van der Waals surface area (Å²) in [4.78, 5) is 16.5. The number of nitrogens with one attached hydrogen (secondary N) is 1. The second-order valence-electron chi connectivity index (χ2n) is 8.26. The Balaban J connectivity index is 1.59. The zero-order valence-electron chi connectivity index (χ0n) is 16.2. The average Bonchev–Trinajstić information content (AvgIpc) is 2.94. The predicted octanol–water partition coefficient (Wildman–Crippen LogP) is 6.00. The maximum Gasteiger partial charge on any atom is 0.408 e. The Kier molecular flexibility index (Phi) is 4.85. The molecule has 1 N–H and O–H groups in total. The van der Waals surface area contributed by atoms with E-state index in [1.165, 1.54) is 0 Å². The summed E-state index contributed by atoms with van der Waals surface area (Å²) in [7, 11) is 0. The van der Waals surface area contributed by atoms with Crippen LogP contribution < -0.4 is 5.32 Å². The van der Waals surface area contributed by atoms with Crippen molar-refractivity contribution in [1.29, 1.82) is 0 Å². The number of fused-ring (bicyclic) bond motifs is 1. The lowest BCUT2D eigenvalue weighted by Gasteiger charge is -2.43. The molecule has 28 heavy (non-hydrogen) atoms. The quantitative estimate of drug-likeness (QED) is 0.458. The smallest absolute Gasteiger partial charge is 0.408 e. The summed E-state index contributed by atoms with van der Waals surface area (Å²) < 4.78 is 12.5. The number of nitrogens with zero attached hydrogens (tertiary/aromatic N) is 1. The van der Waals surface area contributed by atoms with E-state index in [0.29, 0.717) is 0 Å². The zero-order chi connectivity index (χ0) is 19.9. The maximum atomic E-state index is 12.3. The van der Waals surface area contributed by atoms with Crippen LogP contribution in [0.15, 0.2) is 47.1 Å². The number of halogens is 1. The second kappa shape index (κ2) is 7.06. The van der Waals surface area contributed by atoms with Crippen LogP contribution in [-0.2, 0) is 10.3 Å². The number of pyridine rings is 1. The van der Waals surface area contributed by atoms with Crippen LogP contribution in [0.2, 0.25) is 0 Å². The Morgan fingerprint density at radius 1 is 1.21 bits per heavy atom. The second-order valence-corrected chi connectivity index (χ2v) is 9.34. The molecule has 4 rings (SSSR count). The number of carbonyl (C=O) groups is 1. The molecule has 0 aliphatic heterocycles. The molecule has 0 atom stereocenters. The first-order valence-electron chi connectivity index (χ1n) is 9.42. The molecule has 1 aromatic carbocycles. The minimum atomic E-state index is -0.508. The fourth-order valence-electron chi connectivity index (χ4n) is 3.55. The standard InChI is InChI=1S/C22H23IN2O3/c1-21(2,3)28-20(26)25-22(10-4-11-22)15-7-5-14(6-8-15)19-18(23)16-13-24-12-9-17(16)27-19/h5-9,12-13H,4,10-11H2,1-3H3,(H,25,26). The van der Waals surface area contributed by atoms with E-state index < -0.39 is 5.60 Å². The van der Waals surface area contributed by atoms with Gasteiger partial charge in [-0.1, -0.05) is 24.3 Å². The highest BCUT2D eigenvalue weighted by Gasteiger charge is 2.41. The molecule has 2 heterocycles. The lowest BCUT2D eigenvalue weighted by Crippen LogP contribution is -2.52. The zero-order valence-corrected chi connectivity index (χ0v) is 18.4. The summed E-state index contributed by atoms with van der Waals surface area (Å²) in [5.41, 5.74) is 2.09. The fourth-order valence-corrected chi connectivity index (χ4v) is 4.38. The van der Waals surface area contributed by atoms with Crippen molar-refractivity contribution in [2.24, 2.45) is 0 Å². The Bertz CT molecular complexity index is 1010. The van der Waals surface area contributed by atoms with Gasteiger partial charge in [-0.15, -0.1) is 0 Å². The molecule has 0 radical (unpaired) electrons. The average molecular weight is 490 g/mol. The van der Waals surface area contributed by atoms with Gasteiger partial charge in [0.2, 0.25) is 0 Å². The normalized spacial score (nSPS) is 15.9. The summed E-state index contributed by atoms with van der Waals surface area (Å²) in [5.74, 6) is 0.845. The minimum absolute atomic E-state index is 0.341. The van der Waals surface area contributed by atoms with Gasteiger partial charge in [-0.2, -0.15) is 0 Å². The molecular weight excluding hydrogens is 467 g/mol. The third-order valence-electron chi connectivity index (χ3n) is 5.08. The van der Waals surface area contributed by atoms with E-state index in [2.05, 4.69) is 57.2 Å². The number of hydrogen-bond donors (Lipinski definition) is 1. The maximum absolute atomic E-state index is 12.3. The summed E-state index contributed by atoms with van der Waals surface area (Å²) in [6.45, 7) is 5.62. The van der Waals surface area contributed by atoms with Crippen LogP contribution in [0.4, 0.5) is 4.79 Å². The molecule has 1 aliphatic rings. The molecule has 6 heteroatoms. The largest absolute Gasteiger partial charge is 0.455 e. The van der Waals surface area contributed by atoms with Crippen LogP contribution in [0, 0.1) is 3.57 Å².